The molecule has 0 radical (unpaired) electrons. The molecule has 0 fully saturated rings. The van der Waals surface area contributed by atoms with Crippen LogP contribution in [0.3, 0.4) is 0 Å². The lowest BCUT2D eigenvalue weighted by atomic mass is 9.98. The molecule has 1 aromatic heterocycles. The van der Waals surface area contributed by atoms with Crippen molar-refractivity contribution < 1.29 is 9.47 Å². The molecule has 4 heteroatoms. The number of ether oxygens (including phenoxy) is 2. The number of methoxy groups -OCH3 is 2. The molecule has 122 valence electrons. The normalized spacial score (nSPS) is 10.5. The van der Waals surface area contributed by atoms with E-state index in [4.69, 9.17) is 15.2 Å². The van der Waals surface area contributed by atoms with Crippen LogP contribution in [0.1, 0.15) is 5.56 Å². The summed E-state index contributed by atoms with van der Waals surface area (Å²) in [6, 6.07) is 13.9. The fraction of sp³-hybridized carbons (Fsp3) is 0.150. The van der Waals surface area contributed by atoms with E-state index in [-0.39, 0.29) is 0 Å². The zero-order chi connectivity index (χ0) is 17.1. The van der Waals surface area contributed by atoms with Crippen molar-refractivity contribution >= 4 is 5.69 Å². The van der Waals surface area contributed by atoms with Crippen molar-refractivity contribution in [3.63, 3.8) is 0 Å². The van der Waals surface area contributed by atoms with Gasteiger partial charge in [0, 0.05) is 29.2 Å². The summed E-state index contributed by atoms with van der Waals surface area (Å²) in [5, 5.41) is 0. The summed E-state index contributed by atoms with van der Waals surface area (Å²) in [6.07, 6.45) is 3.71. The van der Waals surface area contributed by atoms with Crippen LogP contribution in [0.15, 0.2) is 54.9 Å². The van der Waals surface area contributed by atoms with Crippen LogP contribution in [0.4, 0.5) is 5.69 Å². The number of rotatable bonds is 4. The third-order valence-electron chi connectivity index (χ3n) is 4.02. The summed E-state index contributed by atoms with van der Waals surface area (Å²) < 4.78 is 10.7. The van der Waals surface area contributed by atoms with Crippen LogP contribution >= 0.6 is 0 Å². The van der Waals surface area contributed by atoms with Gasteiger partial charge in [-0.2, -0.15) is 0 Å². The molecule has 0 unspecified atom stereocenters. The predicted molar refractivity (Wildman–Crippen MR) is 97.4 cm³/mol. The third-order valence-corrected chi connectivity index (χ3v) is 4.02. The van der Waals surface area contributed by atoms with Gasteiger partial charge in [-0.05, 0) is 53.9 Å². The van der Waals surface area contributed by atoms with E-state index in [0.29, 0.717) is 11.5 Å². The molecular formula is C20H20N2O2. The highest BCUT2D eigenvalue weighted by molar-refractivity contribution is 5.75. The first kappa shape index (κ1) is 15.9. The molecule has 0 amide bonds. The topological polar surface area (TPSA) is 57.4 Å². The highest BCUT2D eigenvalue weighted by Crippen LogP contribution is 2.34. The molecule has 24 heavy (non-hydrogen) atoms. The Morgan fingerprint density at radius 1 is 0.792 bits per heavy atom. The smallest absolute Gasteiger partial charge is 0.161 e. The van der Waals surface area contributed by atoms with Gasteiger partial charge in [0.05, 0.1) is 14.2 Å². The number of nitrogen functional groups attached to an aromatic ring is 1. The molecule has 3 aromatic rings. The summed E-state index contributed by atoms with van der Waals surface area (Å²) in [7, 11) is 3.26. The van der Waals surface area contributed by atoms with E-state index in [1.165, 1.54) is 0 Å². The molecule has 1 heterocycles. The van der Waals surface area contributed by atoms with Gasteiger partial charge in [0.2, 0.25) is 0 Å². The Bertz CT molecular complexity index is 875. The maximum absolute atomic E-state index is 5.84. The summed E-state index contributed by atoms with van der Waals surface area (Å²) in [6.45, 7) is 2.05. The molecule has 0 bridgehead atoms. The minimum atomic E-state index is 0.698. The molecule has 0 saturated carbocycles. The average Bonchev–Trinajstić information content (AvgIpc) is 2.61. The lowest BCUT2D eigenvalue weighted by molar-refractivity contribution is 0.355. The summed E-state index contributed by atoms with van der Waals surface area (Å²) in [5.41, 5.74) is 12.0. The molecule has 0 aliphatic heterocycles. The fourth-order valence-electron chi connectivity index (χ4n) is 2.77. The van der Waals surface area contributed by atoms with Gasteiger partial charge in [-0.25, -0.2) is 0 Å². The van der Waals surface area contributed by atoms with E-state index >= 15 is 0 Å². The minimum absolute atomic E-state index is 0.698. The van der Waals surface area contributed by atoms with Crippen molar-refractivity contribution in [1.82, 2.24) is 4.98 Å². The van der Waals surface area contributed by atoms with Gasteiger partial charge in [-0.1, -0.05) is 12.1 Å². The quantitative estimate of drug-likeness (QED) is 0.727. The van der Waals surface area contributed by atoms with Crippen LogP contribution in [-0.2, 0) is 0 Å². The third kappa shape index (κ3) is 3.04. The van der Waals surface area contributed by atoms with Gasteiger partial charge in [0.1, 0.15) is 0 Å². The van der Waals surface area contributed by atoms with Crippen molar-refractivity contribution in [3.05, 3.63) is 60.4 Å². The Kier molecular flexibility index (Phi) is 4.38. The number of pyridine rings is 1. The van der Waals surface area contributed by atoms with Gasteiger partial charge in [0.15, 0.2) is 11.5 Å². The summed E-state index contributed by atoms with van der Waals surface area (Å²) in [4.78, 5) is 4.40. The molecule has 4 nitrogen and oxygen atoms in total. The highest BCUT2D eigenvalue weighted by Gasteiger charge is 2.09. The van der Waals surface area contributed by atoms with Crippen LogP contribution in [0, 0.1) is 6.92 Å². The monoisotopic (exact) mass is 320 g/mol. The number of anilines is 1. The number of benzene rings is 2. The van der Waals surface area contributed by atoms with Gasteiger partial charge < -0.3 is 15.2 Å². The summed E-state index contributed by atoms with van der Waals surface area (Å²) in [5.74, 6) is 1.41. The van der Waals surface area contributed by atoms with E-state index in [0.717, 1.165) is 33.5 Å². The fourth-order valence-corrected chi connectivity index (χ4v) is 2.77. The minimum Gasteiger partial charge on any atom is -0.493 e. The Morgan fingerprint density at radius 3 is 2.25 bits per heavy atom. The average molecular weight is 320 g/mol. The predicted octanol–water partition coefficient (Wildman–Crippen LogP) is 4.32. The van der Waals surface area contributed by atoms with E-state index < -0.39 is 0 Å². The van der Waals surface area contributed by atoms with Crippen molar-refractivity contribution in [1.29, 1.82) is 0 Å². The number of aromatic nitrogens is 1. The first-order valence-electron chi connectivity index (χ1n) is 7.66. The second kappa shape index (κ2) is 6.62. The molecule has 0 spiro atoms. The standard InChI is InChI=1S/C20H20N2O2/c1-13-8-17(21)5-6-18(13)16-9-15(11-22-12-16)14-4-7-19(23-2)20(10-14)24-3/h4-12H,21H2,1-3H3. The Balaban J connectivity index is 2.05. The van der Waals surface area contributed by atoms with Crippen molar-refractivity contribution in [2.24, 2.45) is 0 Å². The van der Waals surface area contributed by atoms with Crippen molar-refractivity contribution in [3.8, 4) is 33.8 Å². The number of aryl methyl sites for hydroxylation is 1. The maximum Gasteiger partial charge on any atom is 0.161 e. The zero-order valence-corrected chi connectivity index (χ0v) is 14.0. The lowest BCUT2D eigenvalue weighted by Gasteiger charge is -2.11. The van der Waals surface area contributed by atoms with Crippen LogP contribution in [0.2, 0.25) is 0 Å². The zero-order valence-electron chi connectivity index (χ0n) is 14.0. The second-order valence-corrected chi connectivity index (χ2v) is 5.61. The van der Waals surface area contributed by atoms with Crippen LogP contribution in [-0.4, -0.2) is 19.2 Å². The van der Waals surface area contributed by atoms with Crippen LogP contribution in [0.25, 0.3) is 22.3 Å². The van der Waals surface area contributed by atoms with E-state index in [1.54, 1.807) is 14.2 Å². The van der Waals surface area contributed by atoms with E-state index in [2.05, 4.69) is 18.0 Å². The molecule has 2 aromatic carbocycles. The molecular weight excluding hydrogens is 300 g/mol. The molecule has 0 aliphatic rings. The van der Waals surface area contributed by atoms with Crippen LogP contribution < -0.4 is 15.2 Å². The van der Waals surface area contributed by atoms with Gasteiger partial charge in [-0.15, -0.1) is 0 Å². The van der Waals surface area contributed by atoms with Crippen LogP contribution in [0.5, 0.6) is 11.5 Å². The van der Waals surface area contributed by atoms with E-state index in [1.807, 2.05) is 48.8 Å². The van der Waals surface area contributed by atoms with Gasteiger partial charge in [-0.3, -0.25) is 4.98 Å². The van der Waals surface area contributed by atoms with Gasteiger partial charge >= 0.3 is 0 Å². The lowest BCUT2D eigenvalue weighted by Crippen LogP contribution is -1.92. The molecule has 0 saturated heterocycles. The molecule has 0 atom stereocenters. The maximum atomic E-state index is 5.84. The first-order chi connectivity index (χ1) is 11.6. The SMILES string of the molecule is COc1ccc(-c2cncc(-c3ccc(N)cc3C)c2)cc1OC. The molecule has 0 aliphatic carbocycles. The Labute approximate surface area is 141 Å². The number of hydrogen-bond acceptors (Lipinski definition) is 4. The largest absolute Gasteiger partial charge is 0.493 e. The second-order valence-electron chi connectivity index (χ2n) is 5.61. The Morgan fingerprint density at radius 2 is 1.54 bits per heavy atom. The summed E-state index contributed by atoms with van der Waals surface area (Å²) >= 11 is 0. The first-order valence-corrected chi connectivity index (χ1v) is 7.66. The Hall–Kier alpha value is -3.01. The van der Waals surface area contributed by atoms with Crippen molar-refractivity contribution in [2.75, 3.05) is 20.0 Å². The number of nitrogens with two attached hydrogens (primary N) is 1. The highest BCUT2D eigenvalue weighted by atomic mass is 16.5. The number of hydrogen-bond donors (Lipinski definition) is 1. The van der Waals surface area contributed by atoms with Gasteiger partial charge in [0.25, 0.3) is 0 Å². The number of nitrogens with zero attached hydrogens (tertiary/aromatic N) is 1. The molecule has 2 N–H and O–H groups in total. The molecule has 3 rings (SSSR count). The van der Waals surface area contributed by atoms with Crippen molar-refractivity contribution in [2.45, 2.75) is 6.92 Å². The van der Waals surface area contributed by atoms with E-state index in [9.17, 15) is 0 Å².